The van der Waals surface area contributed by atoms with Crippen LogP contribution in [-0.4, -0.2) is 48.4 Å². The molecule has 0 atom stereocenters. The predicted molar refractivity (Wildman–Crippen MR) is 113 cm³/mol. The Labute approximate surface area is 181 Å². The van der Waals surface area contributed by atoms with Crippen molar-refractivity contribution in [2.75, 3.05) is 18.8 Å². The minimum Gasteiger partial charge on any atom is -0.382 e. The van der Waals surface area contributed by atoms with Crippen LogP contribution in [0.5, 0.6) is 0 Å². The van der Waals surface area contributed by atoms with Crippen LogP contribution in [0.25, 0.3) is 22.6 Å². The van der Waals surface area contributed by atoms with E-state index in [1.54, 1.807) is 11.8 Å². The summed E-state index contributed by atoms with van der Waals surface area (Å²) in [6, 6.07) is 9.06. The standard InChI is InChI=1S/C22H20F3N7/c1-13-28-19(26)18-21(29-13)32(20(30-18)16-6-17(23)8-27-7-16)10-15-4-2-14(3-5-15)9-31-11-22(24,25)12-31/h2-8H,9-12H2,1H3,(H2,26,28,29). The van der Waals surface area contributed by atoms with Crippen molar-refractivity contribution >= 4 is 17.0 Å². The van der Waals surface area contributed by atoms with Gasteiger partial charge in [-0.25, -0.2) is 28.1 Å². The summed E-state index contributed by atoms with van der Waals surface area (Å²) in [6.45, 7) is 2.21. The molecule has 0 spiro atoms. The van der Waals surface area contributed by atoms with Crippen molar-refractivity contribution in [3.63, 3.8) is 0 Å². The molecule has 10 heteroatoms. The van der Waals surface area contributed by atoms with Crippen LogP contribution in [0.3, 0.4) is 0 Å². The fourth-order valence-corrected chi connectivity index (χ4v) is 3.95. The van der Waals surface area contributed by atoms with E-state index < -0.39 is 11.7 Å². The van der Waals surface area contributed by atoms with Crippen LogP contribution in [0, 0.1) is 12.7 Å². The average Bonchev–Trinajstić information content (AvgIpc) is 3.07. The zero-order valence-corrected chi connectivity index (χ0v) is 17.3. The molecule has 5 rings (SSSR count). The first-order valence-electron chi connectivity index (χ1n) is 10.1. The highest BCUT2D eigenvalue weighted by atomic mass is 19.3. The number of aryl methyl sites for hydroxylation is 1. The third-order valence-corrected chi connectivity index (χ3v) is 5.38. The summed E-state index contributed by atoms with van der Waals surface area (Å²) >= 11 is 0. The molecule has 2 N–H and O–H groups in total. The van der Waals surface area contributed by atoms with Gasteiger partial charge in [0.2, 0.25) is 0 Å². The highest BCUT2D eigenvalue weighted by Crippen LogP contribution is 2.29. The number of nitrogen functional groups attached to an aromatic ring is 1. The van der Waals surface area contributed by atoms with Gasteiger partial charge in [0, 0.05) is 18.3 Å². The van der Waals surface area contributed by atoms with Crippen LogP contribution in [-0.2, 0) is 13.1 Å². The SMILES string of the molecule is Cc1nc(N)c2nc(-c3cncc(F)c3)n(Cc3ccc(CN4CC(F)(F)C4)cc3)c2n1. The fourth-order valence-electron chi connectivity index (χ4n) is 3.95. The summed E-state index contributed by atoms with van der Waals surface area (Å²) in [5, 5.41) is 0. The number of hydrogen-bond acceptors (Lipinski definition) is 6. The van der Waals surface area contributed by atoms with E-state index in [2.05, 4.69) is 19.9 Å². The smallest absolute Gasteiger partial charge is 0.272 e. The summed E-state index contributed by atoms with van der Waals surface area (Å²) in [5.41, 5.74) is 9.45. The summed E-state index contributed by atoms with van der Waals surface area (Å²) < 4.78 is 41.8. The van der Waals surface area contributed by atoms with Gasteiger partial charge in [0.25, 0.3) is 5.92 Å². The number of alkyl halides is 2. The van der Waals surface area contributed by atoms with Crippen molar-refractivity contribution in [3.8, 4) is 11.4 Å². The Morgan fingerprint density at radius 1 is 1.00 bits per heavy atom. The number of pyridine rings is 1. The lowest BCUT2D eigenvalue weighted by Gasteiger charge is -2.38. The molecule has 1 saturated heterocycles. The predicted octanol–water partition coefficient (Wildman–Crippen LogP) is 3.42. The second-order valence-corrected chi connectivity index (χ2v) is 8.06. The van der Waals surface area contributed by atoms with Crippen molar-refractivity contribution in [3.05, 3.63) is 65.5 Å². The van der Waals surface area contributed by atoms with E-state index in [9.17, 15) is 13.2 Å². The molecule has 4 heterocycles. The van der Waals surface area contributed by atoms with Gasteiger partial charge in [-0.05, 0) is 24.1 Å². The zero-order chi connectivity index (χ0) is 22.5. The highest BCUT2D eigenvalue weighted by Gasteiger charge is 2.43. The van der Waals surface area contributed by atoms with Crippen LogP contribution in [0.15, 0.2) is 42.7 Å². The lowest BCUT2D eigenvalue weighted by Crippen LogP contribution is -2.55. The number of anilines is 1. The van der Waals surface area contributed by atoms with Crippen LogP contribution < -0.4 is 5.73 Å². The van der Waals surface area contributed by atoms with E-state index in [1.165, 1.54) is 12.3 Å². The average molecular weight is 439 g/mol. The highest BCUT2D eigenvalue weighted by molar-refractivity contribution is 5.85. The Kier molecular flexibility index (Phi) is 4.81. The summed E-state index contributed by atoms with van der Waals surface area (Å²) in [6.07, 6.45) is 2.66. The van der Waals surface area contributed by atoms with Gasteiger partial charge in [-0.15, -0.1) is 0 Å². The Morgan fingerprint density at radius 3 is 2.34 bits per heavy atom. The number of halogens is 3. The van der Waals surface area contributed by atoms with E-state index in [-0.39, 0.29) is 18.9 Å². The number of likely N-dealkylation sites (tertiary alicyclic amines) is 1. The molecule has 164 valence electrons. The Morgan fingerprint density at radius 2 is 1.69 bits per heavy atom. The Hall–Kier alpha value is -3.53. The monoisotopic (exact) mass is 439 g/mol. The third-order valence-electron chi connectivity index (χ3n) is 5.38. The molecule has 0 radical (unpaired) electrons. The first-order chi connectivity index (χ1) is 15.3. The molecule has 3 aromatic heterocycles. The van der Waals surface area contributed by atoms with Crippen LogP contribution in [0.1, 0.15) is 17.0 Å². The first kappa shape index (κ1) is 20.4. The van der Waals surface area contributed by atoms with Crippen LogP contribution >= 0.6 is 0 Å². The largest absolute Gasteiger partial charge is 0.382 e. The van der Waals surface area contributed by atoms with Crippen molar-refractivity contribution in [1.82, 2.24) is 29.4 Å². The second-order valence-electron chi connectivity index (χ2n) is 8.06. The molecule has 0 aliphatic carbocycles. The number of hydrogen-bond donors (Lipinski definition) is 1. The number of imidazole rings is 1. The van der Waals surface area contributed by atoms with Gasteiger partial charge in [-0.3, -0.25) is 9.88 Å². The van der Waals surface area contributed by atoms with Gasteiger partial charge in [0.05, 0.1) is 25.8 Å². The molecule has 0 unspecified atom stereocenters. The molecule has 4 aromatic rings. The molecular weight excluding hydrogens is 419 g/mol. The molecule has 1 aliphatic heterocycles. The number of nitrogens with zero attached hydrogens (tertiary/aromatic N) is 6. The second kappa shape index (κ2) is 7.56. The van der Waals surface area contributed by atoms with Crippen molar-refractivity contribution in [1.29, 1.82) is 0 Å². The Bertz CT molecular complexity index is 1290. The number of benzene rings is 1. The molecule has 7 nitrogen and oxygen atoms in total. The number of fused-ring (bicyclic) bond motifs is 1. The van der Waals surface area contributed by atoms with E-state index in [4.69, 9.17) is 5.73 Å². The molecule has 0 saturated carbocycles. The van der Waals surface area contributed by atoms with E-state index in [0.717, 1.165) is 17.3 Å². The minimum absolute atomic E-state index is 0.207. The summed E-state index contributed by atoms with van der Waals surface area (Å²) in [5.74, 6) is -1.82. The lowest BCUT2D eigenvalue weighted by molar-refractivity contribution is -0.133. The maximum atomic E-state index is 13.8. The van der Waals surface area contributed by atoms with Crippen molar-refractivity contribution in [2.45, 2.75) is 25.9 Å². The van der Waals surface area contributed by atoms with Gasteiger partial charge in [-0.1, -0.05) is 24.3 Å². The molecule has 0 bridgehead atoms. The van der Waals surface area contributed by atoms with E-state index >= 15 is 0 Å². The molecular formula is C22H20F3N7. The summed E-state index contributed by atoms with van der Waals surface area (Å²) in [7, 11) is 0. The van der Waals surface area contributed by atoms with Gasteiger partial charge < -0.3 is 10.3 Å². The van der Waals surface area contributed by atoms with Gasteiger partial charge in [-0.2, -0.15) is 0 Å². The lowest BCUT2D eigenvalue weighted by atomic mass is 10.1. The fraction of sp³-hybridized carbons (Fsp3) is 0.273. The molecule has 1 aliphatic rings. The minimum atomic E-state index is -2.58. The first-order valence-corrected chi connectivity index (χ1v) is 10.1. The van der Waals surface area contributed by atoms with Crippen molar-refractivity contribution < 1.29 is 13.2 Å². The third kappa shape index (κ3) is 3.89. The summed E-state index contributed by atoms with van der Waals surface area (Å²) in [4.78, 5) is 18.9. The normalized spacial score (nSPS) is 15.8. The molecule has 1 aromatic carbocycles. The number of nitrogens with two attached hydrogens (primary N) is 1. The van der Waals surface area contributed by atoms with Crippen molar-refractivity contribution in [2.24, 2.45) is 0 Å². The Balaban J connectivity index is 1.48. The topological polar surface area (TPSA) is 85.8 Å². The van der Waals surface area contributed by atoms with Crippen LogP contribution in [0.4, 0.5) is 19.0 Å². The maximum absolute atomic E-state index is 13.8. The van der Waals surface area contributed by atoms with E-state index in [1.807, 2.05) is 28.8 Å². The number of rotatable bonds is 5. The molecule has 1 fully saturated rings. The number of aromatic nitrogens is 5. The van der Waals surface area contributed by atoms with Crippen LogP contribution in [0.2, 0.25) is 0 Å². The quantitative estimate of drug-likeness (QED) is 0.513. The molecule has 32 heavy (non-hydrogen) atoms. The zero-order valence-electron chi connectivity index (χ0n) is 17.3. The van der Waals surface area contributed by atoms with Gasteiger partial charge in [0.1, 0.15) is 17.5 Å². The van der Waals surface area contributed by atoms with Gasteiger partial charge in [0.15, 0.2) is 17.0 Å². The molecule has 0 amide bonds. The maximum Gasteiger partial charge on any atom is 0.272 e. The van der Waals surface area contributed by atoms with Gasteiger partial charge >= 0.3 is 0 Å². The van der Waals surface area contributed by atoms with E-state index in [0.29, 0.717) is 41.5 Å².